The van der Waals surface area contributed by atoms with Crippen LogP contribution in [0.5, 0.6) is 0 Å². The van der Waals surface area contributed by atoms with E-state index >= 15 is 0 Å². The molecule has 2 aromatic rings. The molecule has 1 atom stereocenters. The van der Waals surface area contributed by atoms with Gasteiger partial charge in [0, 0.05) is 50.6 Å². The van der Waals surface area contributed by atoms with Gasteiger partial charge in [0.15, 0.2) is 0 Å². The molecule has 1 aliphatic rings. The van der Waals surface area contributed by atoms with Gasteiger partial charge in [0.1, 0.15) is 0 Å². The van der Waals surface area contributed by atoms with Crippen LogP contribution in [0.4, 0.5) is 10.5 Å². The van der Waals surface area contributed by atoms with E-state index in [9.17, 15) is 4.79 Å². The average Bonchev–Trinajstić information content (AvgIpc) is 2.97. The molecular weight excluding hydrogens is 326 g/mol. The van der Waals surface area contributed by atoms with E-state index in [0.717, 1.165) is 44.1 Å². The number of amides is 2. The van der Waals surface area contributed by atoms with Gasteiger partial charge in [-0.1, -0.05) is 25.1 Å². The zero-order chi connectivity index (χ0) is 18.5. The highest BCUT2D eigenvalue weighted by molar-refractivity contribution is 5.74. The summed E-state index contributed by atoms with van der Waals surface area (Å²) in [6, 6.07) is 12.5. The Hall–Kier alpha value is -2.50. The Labute approximate surface area is 155 Å². The lowest BCUT2D eigenvalue weighted by molar-refractivity contribution is 0.192. The van der Waals surface area contributed by atoms with Crippen molar-refractivity contribution in [2.24, 2.45) is 5.92 Å². The maximum absolute atomic E-state index is 12.4. The topological polar surface area (TPSA) is 53.4 Å². The number of rotatable bonds is 5. The predicted molar refractivity (Wildman–Crippen MR) is 104 cm³/mol. The van der Waals surface area contributed by atoms with Gasteiger partial charge in [0.2, 0.25) is 0 Å². The molecule has 1 aliphatic heterocycles. The fraction of sp³-hybridized carbons (Fsp3) is 0.500. The van der Waals surface area contributed by atoms with Gasteiger partial charge in [-0.3, -0.25) is 4.68 Å². The van der Waals surface area contributed by atoms with Crippen LogP contribution in [-0.4, -0.2) is 53.4 Å². The molecular formula is C20H29N5O. The Morgan fingerprint density at radius 1 is 1.15 bits per heavy atom. The fourth-order valence-electron chi connectivity index (χ4n) is 3.40. The summed E-state index contributed by atoms with van der Waals surface area (Å²) in [5, 5.41) is 7.57. The SMILES string of the molecule is Cc1cc(C)n(CC(C)CNC(=O)N2CCN(c3ccccc3)CC2)n1. The third-order valence-corrected chi connectivity index (χ3v) is 4.88. The monoisotopic (exact) mass is 355 g/mol. The van der Waals surface area contributed by atoms with E-state index in [1.54, 1.807) is 0 Å². The van der Waals surface area contributed by atoms with Crippen molar-refractivity contribution in [3.05, 3.63) is 47.8 Å². The summed E-state index contributed by atoms with van der Waals surface area (Å²) >= 11 is 0. The summed E-state index contributed by atoms with van der Waals surface area (Å²) in [6.07, 6.45) is 0. The highest BCUT2D eigenvalue weighted by atomic mass is 16.2. The van der Waals surface area contributed by atoms with Gasteiger partial charge < -0.3 is 15.1 Å². The van der Waals surface area contributed by atoms with Gasteiger partial charge in [-0.25, -0.2) is 4.79 Å². The van der Waals surface area contributed by atoms with Crippen molar-refractivity contribution < 1.29 is 4.79 Å². The van der Waals surface area contributed by atoms with Crippen LogP contribution in [0.2, 0.25) is 0 Å². The summed E-state index contributed by atoms with van der Waals surface area (Å²) in [7, 11) is 0. The zero-order valence-corrected chi connectivity index (χ0v) is 16.0. The van der Waals surface area contributed by atoms with Crippen LogP contribution in [0.3, 0.4) is 0 Å². The maximum Gasteiger partial charge on any atom is 0.317 e. The number of nitrogens with one attached hydrogen (secondary N) is 1. The lowest BCUT2D eigenvalue weighted by Gasteiger charge is -2.36. The number of anilines is 1. The van der Waals surface area contributed by atoms with E-state index in [-0.39, 0.29) is 6.03 Å². The number of hydrogen-bond acceptors (Lipinski definition) is 3. The second-order valence-electron chi connectivity index (χ2n) is 7.21. The van der Waals surface area contributed by atoms with Crippen LogP contribution in [-0.2, 0) is 6.54 Å². The summed E-state index contributed by atoms with van der Waals surface area (Å²) in [5.41, 5.74) is 3.43. The summed E-state index contributed by atoms with van der Waals surface area (Å²) in [5.74, 6) is 0.336. The molecule has 1 fully saturated rings. The number of nitrogens with zero attached hydrogens (tertiary/aromatic N) is 4. The van der Waals surface area contributed by atoms with Gasteiger partial charge in [0.25, 0.3) is 0 Å². The molecule has 1 aromatic heterocycles. The molecule has 0 bridgehead atoms. The third-order valence-electron chi connectivity index (χ3n) is 4.88. The van der Waals surface area contributed by atoms with Crippen LogP contribution >= 0.6 is 0 Å². The van der Waals surface area contributed by atoms with E-state index < -0.39 is 0 Å². The van der Waals surface area contributed by atoms with Crippen molar-refractivity contribution in [3.8, 4) is 0 Å². The van der Waals surface area contributed by atoms with Crippen molar-refractivity contribution in [2.75, 3.05) is 37.6 Å². The molecule has 3 rings (SSSR count). The van der Waals surface area contributed by atoms with Crippen molar-refractivity contribution in [1.29, 1.82) is 0 Å². The number of aryl methyl sites for hydroxylation is 2. The number of piperazine rings is 1. The lowest BCUT2D eigenvalue weighted by atomic mass is 10.2. The van der Waals surface area contributed by atoms with Crippen molar-refractivity contribution in [1.82, 2.24) is 20.0 Å². The van der Waals surface area contributed by atoms with E-state index in [4.69, 9.17) is 0 Å². The van der Waals surface area contributed by atoms with E-state index in [2.05, 4.69) is 59.5 Å². The molecule has 26 heavy (non-hydrogen) atoms. The number of aromatic nitrogens is 2. The van der Waals surface area contributed by atoms with Gasteiger partial charge in [0.05, 0.1) is 5.69 Å². The largest absolute Gasteiger partial charge is 0.368 e. The van der Waals surface area contributed by atoms with Gasteiger partial charge in [-0.2, -0.15) is 5.10 Å². The summed E-state index contributed by atoms with van der Waals surface area (Å²) in [4.78, 5) is 16.7. The molecule has 1 unspecified atom stereocenters. The molecule has 6 nitrogen and oxygen atoms in total. The average molecular weight is 355 g/mol. The molecule has 0 radical (unpaired) electrons. The molecule has 140 valence electrons. The number of hydrogen-bond donors (Lipinski definition) is 1. The molecule has 1 saturated heterocycles. The van der Waals surface area contributed by atoms with Gasteiger partial charge in [-0.05, 0) is 38.0 Å². The van der Waals surface area contributed by atoms with Crippen molar-refractivity contribution in [2.45, 2.75) is 27.3 Å². The first-order chi connectivity index (χ1) is 12.5. The van der Waals surface area contributed by atoms with E-state index in [0.29, 0.717) is 12.5 Å². The molecule has 0 saturated carbocycles. The number of carbonyl (C=O) groups excluding carboxylic acids is 1. The normalized spacial score (nSPS) is 15.8. The fourth-order valence-corrected chi connectivity index (χ4v) is 3.40. The first kappa shape index (κ1) is 18.3. The molecule has 0 aliphatic carbocycles. The second-order valence-corrected chi connectivity index (χ2v) is 7.21. The smallest absolute Gasteiger partial charge is 0.317 e. The Morgan fingerprint density at radius 2 is 1.85 bits per heavy atom. The summed E-state index contributed by atoms with van der Waals surface area (Å²) < 4.78 is 2.02. The standard InChI is InChI=1S/C20H29N5O/c1-16(15-25-18(3)13-17(2)22-25)14-21-20(26)24-11-9-23(10-12-24)19-7-5-4-6-8-19/h4-8,13,16H,9-12,14-15H2,1-3H3,(H,21,26). The van der Waals surface area contributed by atoms with Crippen LogP contribution in [0.25, 0.3) is 0 Å². The molecule has 1 N–H and O–H groups in total. The van der Waals surface area contributed by atoms with Crippen LogP contribution in [0, 0.1) is 19.8 Å². The second kappa shape index (κ2) is 8.25. The number of carbonyl (C=O) groups is 1. The molecule has 1 aromatic carbocycles. The Kier molecular flexibility index (Phi) is 5.81. The minimum atomic E-state index is 0.0397. The summed E-state index contributed by atoms with van der Waals surface area (Å²) in [6.45, 7) is 11.0. The molecule has 2 amide bonds. The zero-order valence-electron chi connectivity index (χ0n) is 16.0. The molecule has 0 spiro atoms. The van der Waals surface area contributed by atoms with Crippen LogP contribution in [0.1, 0.15) is 18.3 Å². The van der Waals surface area contributed by atoms with Crippen molar-refractivity contribution in [3.63, 3.8) is 0 Å². The Morgan fingerprint density at radius 3 is 2.46 bits per heavy atom. The quantitative estimate of drug-likeness (QED) is 0.897. The first-order valence-corrected chi connectivity index (χ1v) is 9.37. The predicted octanol–water partition coefficient (Wildman–Crippen LogP) is 2.67. The van der Waals surface area contributed by atoms with Crippen LogP contribution < -0.4 is 10.2 Å². The Balaban J connectivity index is 1.42. The highest BCUT2D eigenvalue weighted by Gasteiger charge is 2.21. The van der Waals surface area contributed by atoms with E-state index in [1.165, 1.54) is 5.69 Å². The highest BCUT2D eigenvalue weighted by Crippen LogP contribution is 2.15. The third kappa shape index (κ3) is 4.56. The number of para-hydroxylation sites is 1. The maximum atomic E-state index is 12.4. The lowest BCUT2D eigenvalue weighted by Crippen LogP contribution is -2.52. The number of benzene rings is 1. The number of urea groups is 1. The minimum absolute atomic E-state index is 0.0397. The first-order valence-electron chi connectivity index (χ1n) is 9.37. The van der Waals surface area contributed by atoms with Gasteiger partial charge in [-0.15, -0.1) is 0 Å². The van der Waals surface area contributed by atoms with Gasteiger partial charge >= 0.3 is 6.03 Å². The van der Waals surface area contributed by atoms with Crippen LogP contribution in [0.15, 0.2) is 36.4 Å². The Bertz CT molecular complexity index is 719. The molecule has 6 heteroatoms. The van der Waals surface area contributed by atoms with E-state index in [1.807, 2.05) is 22.6 Å². The molecule has 2 heterocycles. The van der Waals surface area contributed by atoms with Crippen molar-refractivity contribution >= 4 is 11.7 Å². The minimum Gasteiger partial charge on any atom is -0.368 e.